The molecule has 1 atom stereocenters. The van der Waals surface area contributed by atoms with Gasteiger partial charge in [-0.25, -0.2) is 0 Å². The molecule has 0 N–H and O–H groups in total. The minimum absolute atomic E-state index is 0.643. The van der Waals surface area contributed by atoms with Crippen molar-refractivity contribution in [3.8, 4) is 0 Å². The van der Waals surface area contributed by atoms with Crippen molar-refractivity contribution in [3.63, 3.8) is 0 Å². The first-order valence-corrected chi connectivity index (χ1v) is 7.52. The molecule has 0 radical (unpaired) electrons. The van der Waals surface area contributed by atoms with Crippen molar-refractivity contribution in [2.45, 2.75) is 32.1 Å². The number of aryl methyl sites for hydroxylation is 1. The third-order valence-electron chi connectivity index (χ3n) is 3.39. The summed E-state index contributed by atoms with van der Waals surface area (Å²) in [6.07, 6.45) is 7.34. The van der Waals surface area contributed by atoms with Gasteiger partial charge in [-0.3, -0.25) is 4.98 Å². The number of hydrogen-bond acceptors (Lipinski definition) is 1. The van der Waals surface area contributed by atoms with Crippen LogP contribution in [0.4, 0.5) is 0 Å². The van der Waals surface area contributed by atoms with Gasteiger partial charge in [0.1, 0.15) is 0 Å². The molecule has 2 aromatic rings. The summed E-state index contributed by atoms with van der Waals surface area (Å²) in [5, 5.41) is 0. The second kappa shape index (κ2) is 6.88. The molecule has 2 heteroatoms. The molecule has 1 unspecified atom stereocenters. The van der Waals surface area contributed by atoms with Gasteiger partial charge in [-0.05, 0) is 77.1 Å². The SMILES string of the molecule is CCC(CCc1ccccc1I)c1ccncc1. The second-order valence-corrected chi connectivity index (χ2v) is 5.68. The molecule has 0 spiro atoms. The zero-order chi connectivity index (χ0) is 12.8. The zero-order valence-corrected chi connectivity index (χ0v) is 12.8. The topological polar surface area (TPSA) is 12.9 Å². The van der Waals surface area contributed by atoms with Crippen LogP contribution in [0.3, 0.4) is 0 Å². The summed E-state index contributed by atoms with van der Waals surface area (Å²) < 4.78 is 1.37. The van der Waals surface area contributed by atoms with Crippen molar-refractivity contribution in [2.24, 2.45) is 0 Å². The Morgan fingerprint density at radius 3 is 2.50 bits per heavy atom. The molecule has 1 heterocycles. The average Bonchev–Trinajstić information content (AvgIpc) is 2.42. The van der Waals surface area contributed by atoms with E-state index < -0.39 is 0 Å². The molecular formula is C16H18IN. The minimum Gasteiger partial charge on any atom is -0.265 e. The maximum Gasteiger partial charge on any atom is 0.0270 e. The summed E-state index contributed by atoms with van der Waals surface area (Å²) >= 11 is 2.42. The van der Waals surface area contributed by atoms with Gasteiger partial charge >= 0.3 is 0 Å². The Labute approximate surface area is 123 Å². The normalized spacial score (nSPS) is 12.3. The first-order chi connectivity index (χ1) is 8.81. The van der Waals surface area contributed by atoms with Crippen LogP contribution in [0, 0.1) is 3.57 Å². The Morgan fingerprint density at radius 1 is 1.11 bits per heavy atom. The lowest BCUT2D eigenvalue weighted by molar-refractivity contribution is 0.604. The largest absolute Gasteiger partial charge is 0.265 e. The zero-order valence-electron chi connectivity index (χ0n) is 10.6. The van der Waals surface area contributed by atoms with Gasteiger partial charge in [0.05, 0.1) is 0 Å². The van der Waals surface area contributed by atoms with Crippen molar-refractivity contribution < 1.29 is 0 Å². The van der Waals surface area contributed by atoms with E-state index in [2.05, 4.69) is 70.9 Å². The van der Waals surface area contributed by atoms with Crippen LogP contribution in [-0.4, -0.2) is 4.98 Å². The quantitative estimate of drug-likeness (QED) is 0.705. The molecule has 0 bridgehead atoms. The molecule has 1 nitrogen and oxygen atoms in total. The molecule has 0 aliphatic rings. The van der Waals surface area contributed by atoms with Crippen LogP contribution >= 0.6 is 22.6 Å². The molecule has 0 aliphatic heterocycles. The number of benzene rings is 1. The Morgan fingerprint density at radius 2 is 1.83 bits per heavy atom. The number of pyridine rings is 1. The Balaban J connectivity index is 2.02. The monoisotopic (exact) mass is 351 g/mol. The molecule has 94 valence electrons. The van der Waals surface area contributed by atoms with Crippen LogP contribution in [0.15, 0.2) is 48.8 Å². The van der Waals surface area contributed by atoms with Crippen LogP contribution in [0.1, 0.15) is 36.8 Å². The minimum atomic E-state index is 0.643. The number of hydrogen-bond donors (Lipinski definition) is 0. The first kappa shape index (κ1) is 13.5. The van der Waals surface area contributed by atoms with E-state index in [0.717, 1.165) is 6.42 Å². The number of rotatable bonds is 5. The van der Waals surface area contributed by atoms with Gasteiger partial charge in [0.15, 0.2) is 0 Å². The molecule has 0 saturated carbocycles. The van der Waals surface area contributed by atoms with Crippen molar-refractivity contribution >= 4 is 22.6 Å². The van der Waals surface area contributed by atoms with Crippen LogP contribution in [0.25, 0.3) is 0 Å². The fourth-order valence-corrected chi connectivity index (χ4v) is 2.93. The third kappa shape index (κ3) is 3.55. The van der Waals surface area contributed by atoms with E-state index in [-0.39, 0.29) is 0 Å². The number of aromatic nitrogens is 1. The van der Waals surface area contributed by atoms with Crippen LogP contribution in [-0.2, 0) is 6.42 Å². The highest BCUT2D eigenvalue weighted by atomic mass is 127. The lowest BCUT2D eigenvalue weighted by atomic mass is 9.91. The lowest BCUT2D eigenvalue weighted by Gasteiger charge is -2.15. The predicted molar refractivity (Wildman–Crippen MR) is 84.7 cm³/mol. The highest BCUT2D eigenvalue weighted by Crippen LogP contribution is 2.25. The van der Waals surface area contributed by atoms with Gasteiger partial charge in [-0.15, -0.1) is 0 Å². The van der Waals surface area contributed by atoms with Crippen molar-refractivity contribution in [1.29, 1.82) is 0 Å². The Kier molecular flexibility index (Phi) is 5.17. The van der Waals surface area contributed by atoms with Gasteiger partial charge in [-0.2, -0.15) is 0 Å². The fourth-order valence-electron chi connectivity index (χ4n) is 2.27. The Bertz CT molecular complexity index is 481. The van der Waals surface area contributed by atoms with Crippen LogP contribution in [0.2, 0.25) is 0 Å². The molecule has 0 saturated heterocycles. The van der Waals surface area contributed by atoms with E-state index in [0.29, 0.717) is 5.92 Å². The summed E-state index contributed by atoms with van der Waals surface area (Å²) in [5.41, 5.74) is 2.88. The van der Waals surface area contributed by atoms with Crippen molar-refractivity contribution in [1.82, 2.24) is 4.98 Å². The Hall–Kier alpha value is -0.900. The van der Waals surface area contributed by atoms with Gasteiger partial charge in [0, 0.05) is 16.0 Å². The van der Waals surface area contributed by atoms with Crippen LogP contribution in [0.5, 0.6) is 0 Å². The molecule has 18 heavy (non-hydrogen) atoms. The molecule has 1 aromatic carbocycles. The lowest BCUT2D eigenvalue weighted by Crippen LogP contribution is -2.00. The highest BCUT2D eigenvalue weighted by molar-refractivity contribution is 14.1. The van der Waals surface area contributed by atoms with E-state index in [1.165, 1.54) is 27.5 Å². The van der Waals surface area contributed by atoms with Gasteiger partial charge in [-0.1, -0.05) is 25.1 Å². The smallest absolute Gasteiger partial charge is 0.0270 e. The molecule has 0 aliphatic carbocycles. The van der Waals surface area contributed by atoms with Crippen molar-refractivity contribution in [3.05, 3.63) is 63.5 Å². The number of nitrogens with zero attached hydrogens (tertiary/aromatic N) is 1. The fraction of sp³-hybridized carbons (Fsp3) is 0.312. The summed E-state index contributed by atoms with van der Waals surface area (Å²) in [5.74, 6) is 0.643. The average molecular weight is 351 g/mol. The van der Waals surface area contributed by atoms with E-state index in [1.807, 2.05) is 12.4 Å². The highest BCUT2D eigenvalue weighted by Gasteiger charge is 2.10. The maximum absolute atomic E-state index is 4.09. The maximum atomic E-state index is 4.09. The first-order valence-electron chi connectivity index (χ1n) is 6.44. The predicted octanol–water partition coefficient (Wildman–Crippen LogP) is 4.81. The van der Waals surface area contributed by atoms with Gasteiger partial charge < -0.3 is 0 Å². The van der Waals surface area contributed by atoms with E-state index in [1.54, 1.807) is 0 Å². The third-order valence-corrected chi connectivity index (χ3v) is 4.44. The summed E-state index contributed by atoms with van der Waals surface area (Å²) in [6.45, 7) is 2.26. The summed E-state index contributed by atoms with van der Waals surface area (Å²) in [4.78, 5) is 4.09. The standard InChI is InChI=1S/C16H18IN/c1-2-13(14-9-11-18-12-10-14)7-8-15-5-3-4-6-16(15)17/h3-6,9-13H,2,7-8H2,1H3. The molecule has 2 rings (SSSR count). The summed E-state index contributed by atoms with van der Waals surface area (Å²) in [7, 11) is 0. The molecule has 0 fully saturated rings. The van der Waals surface area contributed by atoms with Gasteiger partial charge in [0.2, 0.25) is 0 Å². The van der Waals surface area contributed by atoms with Crippen molar-refractivity contribution in [2.75, 3.05) is 0 Å². The number of halogens is 1. The van der Waals surface area contributed by atoms with E-state index >= 15 is 0 Å². The molecule has 1 aromatic heterocycles. The van der Waals surface area contributed by atoms with E-state index in [4.69, 9.17) is 0 Å². The van der Waals surface area contributed by atoms with Crippen LogP contribution < -0.4 is 0 Å². The summed E-state index contributed by atoms with van der Waals surface area (Å²) in [6, 6.07) is 12.9. The molecular weight excluding hydrogens is 333 g/mol. The molecule has 0 amide bonds. The second-order valence-electron chi connectivity index (χ2n) is 4.52. The van der Waals surface area contributed by atoms with E-state index in [9.17, 15) is 0 Å². The van der Waals surface area contributed by atoms with Gasteiger partial charge in [0.25, 0.3) is 0 Å².